The molecule has 248 valence electrons. The van der Waals surface area contributed by atoms with E-state index in [4.69, 9.17) is 4.42 Å². The van der Waals surface area contributed by atoms with Gasteiger partial charge in [-0.1, -0.05) is 121 Å². The molecule has 0 N–H and O–H groups in total. The van der Waals surface area contributed by atoms with Crippen LogP contribution < -0.4 is 4.90 Å². The average Bonchev–Trinajstić information content (AvgIpc) is 3.76. The minimum absolute atomic E-state index is 0.912. The van der Waals surface area contributed by atoms with Crippen molar-refractivity contribution in [1.82, 2.24) is 4.57 Å². The first-order chi connectivity index (χ1) is 26.3. The lowest BCUT2D eigenvalue weighted by Gasteiger charge is -2.27. The summed E-state index contributed by atoms with van der Waals surface area (Å²) in [5.41, 5.74) is 11.0. The number of aromatic nitrogens is 1. The maximum absolute atomic E-state index is 6.28. The van der Waals surface area contributed by atoms with Crippen molar-refractivity contribution in [2.45, 2.75) is 0 Å². The van der Waals surface area contributed by atoms with Crippen LogP contribution in [0.5, 0.6) is 0 Å². The molecule has 11 rings (SSSR count). The molecule has 0 unspecified atom stereocenters. The normalized spacial score (nSPS) is 11.8. The van der Waals surface area contributed by atoms with Crippen molar-refractivity contribution >= 4 is 82.4 Å². The molecule has 11 aromatic rings. The van der Waals surface area contributed by atoms with Gasteiger partial charge < -0.3 is 13.9 Å². The third kappa shape index (κ3) is 4.75. The fourth-order valence-corrected chi connectivity index (χ4v) is 8.27. The van der Waals surface area contributed by atoms with E-state index < -0.39 is 0 Å². The molecule has 0 aliphatic heterocycles. The Morgan fingerprint density at radius 2 is 0.943 bits per heavy atom. The van der Waals surface area contributed by atoms with Crippen LogP contribution in [0, 0.1) is 0 Å². The van der Waals surface area contributed by atoms with Gasteiger partial charge >= 0.3 is 0 Å². The van der Waals surface area contributed by atoms with E-state index in [9.17, 15) is 0 Å². The van der Waals surface area contributed by atoms with Gasteiger partial charge in [0.2, 0.25) is 0 Å². The average molecular weight is 677 g/mol. The van der Waals surface area contributed by atoms with Crippen molar-refractivity contribution in [2.75, 3.05) is 4.90 Å². The first-order valence-corrected chi connectivity index (χ1v) is 18.1. The Morgan fingerprint density at radius 1 is 0.340 bits per heavy atom. The highest BCUT2D eigenvalue weighted by atomic mass is 16.3. The van der Waals surface area contributed by atoms with Gasteiger partial charge in [-0.3, -0.25) is 0 Å². The Kier molecular flexibility index (Phi) is 6.55. The Labute approximate surface area is 306 Å². The Hall–Kier alpha value is -7.10. The van der Waals surface area contributed by atoms with Crippen LogP contribution in [0.2, 0.25) is 0 Å². The Morgan fingerprint density at radius 3 is 1.75 bits per heavy atom. The zero-order valence-electron chi connectivity index (χ0n) is 28.8. The van der Waals surface area contributed by atoms with Crippen LogP contribution in [0.4, 0.5) is 17.1 Å². The highest BCUT2D eigenvalue weighted by Crippen LogP contribution is 2.42. The molecule has 0 fully saturated rings. The number of hydrogen-bond donors (Lipinski definition) is 0. The maximum atomic E-state index is 6.28. The molecule has 2 heterocycles. The number of fused-ring (bicyclic) bond motifs is 9. The van der Waals surface area contributed by atoms with Gasteiger partial charge in [0.15, 0.2) is 0 Å². The summed E-state index contributed by atoms with van der Waals surface area (Å²) in [6.07, 6.45) is 0. The minimum Gasteiger partial charge on any atom is -0.456 e. The molecule has 3 heteroatoms. The molecule has 0 aliphatic rings. The van der Waals surface area contributed by atoms with Gasteiger partial charge in [-0.05, 0) is 105 Å². The lowest BCUT2D eigenvalue weighted by molar-refractivity contribution is 0.669. The highest BCUT2D eigenvalue weighted by molar-refractivity contribution is 6.17. The lowest BCUT2D eigenvalue weighted by atomic mass is 9.98. The fourth-order valence-electron chi connectivity index (χ4n) is 8.27. The smallest absolute Gasteiger partial charge is 0.136 e. The van der Waals surface area contributed by atoms with Gasteiger partial charge in [0.1, 0.15) is 11.2 Å². The van der Waals surface area contributed by atoms with E-state index in [0.29, 0.717) is 0 Å². The monoisotopic (exact) mass is 676 g/mol. The third-order valence-corrected chi connectivity index (χ3v) is 10.7. The summed E-state index contributed by atoms with van der Waals surface area (Å²) in [7, 11) is 0. The third-order valence-electron chi connectivity index (χ3n) is 10.7. The van der Waals surface area contributed by atoms with Crippen molar-refractivity contribution in [3.05, 3.63) is 194 Å². The molecule has 0 atom stereocenters. The molecule has 53 heavy (non-hydrogen) atoms. The topological polar surface area (TPSA) is 21.3 Å². The maximum Gasteiger partial charge on any atom is 0.136 e. The predicted molar refractivity (Wildman–Crippen MR) is 223 cm³/mol. The second-order valence-electron chi connectivity index (χ2n) is 13.8. The van der Waals surface area contributed by atoms with Gasteiger partial charge in [-0.2, -0.15) is 0 Å². The van der Waals surface area contributed by atoms with Crippen LogP contribution in [0.15, 0.2) is 199 Å². The first-order valence-electron chi connectivity index (χ1n) is 18.1. The van der Waals surface area contributed by atoms with Crippen molar-refractivity contribution in [1.29, 1.82) is 0 Å². The zero-order valence-corrected chi connectivity index (χ0v) is 28.8. The highest BCUT2D eigenvalue weighted by Gasteiger charge is 2.18. The second kappa shape index (κ2) is 11.7. The number of rotatable bonds is 5. The number of nitrogens with zero attached hydrogens (tertiary/aromatic N) is 2. The lowest BCUT2D eigenvalue weighted by Crippen LogP contribution is -2.10. The van der Waals surface area contributed by atoms with Crippen LogP contribution in [0.3, 0.4) is 0 Å². The van der Waals surface area contributed by atoms with Crippen LogP contribution in [0.1, 0.15) is 0 Å². The molecule has 0 radical (unpaired) electrons. The summed E-state index contributed by atoms with van der Waals surface area (Å²) in [6.45, 7) is 0. The van der Waals surface area contributed by atoms with Crippen LogP contribution >= 0.6 is 0 Å². The van der Waals surface area contributed by atoms with Crippen molar-refractivity contribution in [2.24, 2.45) is 0 Å². The quantitative estimate of drug-likeness (QED) is 0.169. The zero-order chi connectivity index (χ0) is 34.9. The van der Waals surface area contributed by atoms with Gasteiger partial charge in [-0.25, -0.2) is 0 Å². The molecule has 0 aliphatic carbocycles. The summed E-state index contributed by atoms with van der Waals surface area (Å²) in [6, 6.07) is 69.9. The van der Waals surface area contributed by atoms with Gasteiger partial charge in [-0.15, -0.1) is 0 Å². The van der Waals surface area contributed by atoms with E-state index in [1.165, 1.54) is 49.1 Å². The van der Waals surface area contributed by atoms with E-state index in [1.54, 1.807) is 0 Å². The Bertz CT molecular complexity index is 3130. The minimum atomic E-state index is 0.912. The van der Waals surface area contributed by atoms with E-state index in [0.717, 1.165) is 50.1 Å². The fraction of sp³-hybridized carbons (Fsp3) is 0. The van der Waals surface area contributed by atoms with Gasteiger partial charge in [0, 0.05) is 44.3 Å². The largest absolute Gasteiger partial charge is 0.456 e. The summed E-state index contributed by atoms with van der Waals surface area (Å²) >= 11 is 0. The van der Waals surface area contributed by atoms with E-state index in [2.05, 4.69) is 191 Å². The van der Waals surface area contributed by atoms with Crippen LogP contribution in [-0.4, -0.2) is 4.57 Å². The van der Waals surface area contributed by atoms with E-state index >= 15 is 0 Å². The number of benzene rings is 9. The summed E-state index contributed by atoms with van der Waals surface area (Å²) < 4.78 is 8.67. The van der Waals surface area contributed by atoms with E-state index in [1.807, 2.05) is 12.1 Å². The molecule has 3 nitrogen and oxygen atoms in total. The number of para-hydroxylation sites is 3. The molecule has 2 aromatic heterocycles. The molecular weight excluding hydrogens is 645 g/mol. The number of anilines is 3. The molecule has 0 amide bonds. The molecule has 0 spiro atoms. The number of furan rings is 1. The molecule has 0 saturated carbocycles. The summed E-state index contributed by atoms with van der Waals surface area (Å²) in [5.74, 6) is 0. The molecule has 9 aromatic carbocycles. The van der Waals surface area contributed by atoms with Crippen molar-refractivity contribution < 1.29 is 4.42 Å². The molecular formula is C50H32N2O. The summed E-state index contributed by atoms with van der Waals surface area (Å²) in [4.78, 5) is 2.40. The SMILES string of the molecule is c1ccc(-c2cccc(N(c3cccc(-n4c5ccccc5c5ccccc54)c3)c3ccc4ccc5cc6oc7ccccc7c6cc5c4c3)c2)cc1. The number of hydrogen-bond acceptors (Lipinski definition) is 2. The van der Waals surface area contributed by atoms with Gasteiger partial charge in [0.05, 0.1) is 11.0 Å². The second-order valence-corrected chi connectivity index (χ2v) is 13.8. The molecule has 0 bridgehead atoms. The van der Waals surface area contributed by atoms with Gasteiger partial charge in [0.25, 0.3) is 0 Å². The summed E-state index contributed by atoms with van der Waals surface area (Å²) in [5, 5.41) is 9.55. The van der Waals surface area contributed by atoms with Crippen LogP contribution in [-0.2, 0) is 0 Å². The van der Waals surface area contributed by atoms with E-state index in [-0.39, 0.29) is 0 Å². The van der Waals surface area contributed by atoms with Crippen molar-refractivity contribution in [3.63, 3.8) is 0 Å². The molecule has 0 saturated heterocycles. The van der Waals surface area contributed by atoms with Crippen molar-refractivity contribution in [3.8, 4) is 16.8 Å². The first kappa shape index (κ1) is 29.6. The Balaban J connectivity index is 1.15. The van der Waals surface area contributed by atoms with Crippen LogP contribution in [0.25, 0.3) is 82.1 Å². The standard InChI is InChI=1S/C50H32N2O/c1-2-12-33(13-3-1)35-14-10-15-37(28-35)51(38-16-11-17-39(30-38)52-47-21-7-4-18-41(47)42-19-5-8-22-48(42)52)40-27-26-34-24-25-36-29-50-46(32-45(36)44(34)31-40)43-20-6-9-23-49(43)53-50/h1-32H. The predicted octanol–water partition coefficient (Wildman–Crippen LogP) is 14.1.